The molecule has 0 bridgehead atoms. The summed E-state index contributed by atoms with van der Waals surface area (Å²) in [7, 11) is 0. The minimum Gasteiger partial charge on any atom is -0.491 e. The second-order valence-corrected chi connectivity index (χ2v) is 7.54. The number of rotatable bonds is 7. The third-order valence-electron chi connectivity index (χ3n) is 4.11. The largest absolute Gasteiger partial charge is 0.491 e. The Labute approximate surface area is 155 Å². The van der Waals surface area contributed by atoms with E-state index in [1.54, 1.807) is 18.3 Å². The van der Waals surface area contributed by atoms with Crippen molar-refractivity contribution in [3.8, 4) is 5.75 Å². The number of ether oxygens (including phenoxy) is 1. The molecule has 1 aromatic heterocycles. The first-order valence-electron chi connectivity index (χ1n) is 8.94. The molecule has 140 valence electrons. The molecule has 1 aromatic carbocycles. The van der Waals surface area contributed by atoms with Gasteiger partial charge in [0.05, 0.1) is 6.04 Å². The average molecular weight is 356 g/mol. The van der Waals surface area contributed by atoms with Crippen LogP contribution in [0.5, 0.6) is 5.75 Å². The van der Waals surface area contributed by atoms with Gasteiger partial charge in [-0.3, -0.25) is 9.59 Å². The molecule has 1 heterocycles. The molecule has 1 N–H and O–H groups in total. The van der Waals surface area contributed by atoms with Crippen LogP contribution in [0.15, 0.2) is 53.5 Å². The summed E-state index contributed by atoms with van der Waals surface area (Å²) < 4.78 is 7.27. The van der Waals surface area contributed by atoms with Gasteiger partial charge in [0.1, 0.15) is 12.4 Å². The molecule has 5 nitrogen and oxygen atoms in total. The van der Waals surface area contributed by atoms with E-state index in [2.05, 4.69) is 38.2 Å². The summed E-state index contributed by atoms with van der Waals surface area (Å²) in [5.74, 6) is 0.690. The summed E-state index contributed by atoms with van der Waals surface area (Å²) in [6.45, 7) is 9.17. The maximum Gasteiger partial charge on any atom is 0.250 e. The van der Waals surface area contributed by atoms with Crippen LogP contribution in [0, 0.1) is 0 Å². The number of nitrogens with one attached hydrogen (secondary N) is 1. The molecule has 1 amide bonds. The predicted octanol–water partition coefficient (Wildman–Crippen LogP) is 3.12. The highest BCUT2D eigenvalue weighted by Gasteiger charge is 2.13. The van der Waals surface area contributed by atoms with Crippen LogP contribution in [0.2, 0.25) is 0 Å². The highest BCUT2D eigenvalue weighted by atomic mass is 16.5. The first kappa shape index (κ1) is 19.8. The van der Waals surface area contributed by atoms with Crippen molar-refractivity contribution in [2.24, 2.45) is 0 Å². The summed E-state index contributed by atoms with van der Waals surface area (Å²) in [5.41, 5.74) is 1.26. The second-order valence-electron chi connectivity index (χ2n) is 7.54. The fraction of sp³-hybridized carbons (Fsp3) is 0.429. The van der Waals surface area contributed by atoms with Gasteiger partial charge in [0.25, 0.3) is 5.56 Å². The zero-order valence-electron chi connectivity index (χ0n) is 16.0. The lowest BCUT2D eigenvalue weighted by molar-refractivity contribution is -0.122. The Kier molecular flexibility index (Phi) is 6.61. The van der Waals surface area contributed by atoms with E-state index in [1.165, 1.54) is 16.2 Å². The van der Waals surface area contributed by atoms with Crippen LogP contribution < -0.4 is 15.6 Å². The zero-order chi connectivity index (χ0) is 19.2. The number of hydrogen-bond donors (Lipinski definition) is 1. The number of aromatic nitrogens is 1. The Balaban J connectivity index is 1.76. The van der Waals surface area contributed by atoms with Gasteiger partial charge >= 0.3 is 0 Å². The number of pyridine rings is 1. The van der Waals surface area contributed by atoms with E-state index in [4.69, 9.17) is 4.74 Å². The van der Waals surface area contributed by atoms with Gasteiger partial charge in [-0.2, -0.15) is 0 Å². The number of nitrogens with zero attached hydrogens (tertiary/aromatic N) is 1. The standard InChI is InChI=1S/C21H28N2O3/c1-16(15-26-18-10-8-17(9-11-18)21(2,3)4)22-19(24)12-14-23-13-6-5-7-20(23)25/h5-11,13,16H,12,14-15H2,1-4H3,(H,22,24). The van der Waals surface area contributed by atoms with Crippen LogP contribution in [-0.2, 0) is 16.8 Å². The van der Waals surface area contributed by atoms with Crippen LogP contribution in [0.4, 0.5) is 0 Å². The van der Waals surface area contributed by atoms with E-state index in [9.17, 15) is 9.59 Å². The summed E-state index contributed by atoms with van der Waals surface area (Å²) in [5, 5.41) is 2.90. The van der Waals surface area contributed by atoms with Gasteiger partial charge in [0, 0.05) is 25.2 Å². The Morgan fingerprint density at radius 3 is 2.46 bits per heavy atom. The van der Waals surface area contributed by atoms with Crippen LogP contribution >= 0.6 is 0 Å². The lowest BCUT2D eigenvalue weighted by Crippen LogP contribution is -2.37. The molecule has 0 spiro atoms. The van der Waals surface area contributed by atoms with Gasteiger partial charge in [0.15, 0.2) is 0 Å². The van der Waals surface area contributed by atoms with E-state index in [0.29, 0.717) is 13.2 Å². The summed E-state index contributed by atoms with van der Waals surface area (Å²) in [4.78, 5) is 23.6. The summed E-state index contributed by atoms with van der Waals surface area (Å²) in [6, 6.07) is 12.9. The molecule has 0 saturated carbocycles. The van der Waals surface area contributed by atoms with E-state index < -0.39 is 0 Å². The maximum atomic E-state index is 12.0. The highest BCUT2D eigenvalue weighted by Crippen LogP contribution is 2.24. The first-order valence-corrected chi connectivity index (χ1v) is 8.94. The van der Waals surface area contributed by atoms with Crippen LogP contribution in [0.3, 0.4) is 0 Å². The third kappa shape index (κ3) is 6.06. The van der Waals surface area contributed by atoms with Crippen molar-refractivity contribution in [3.63, 3.8) is 0 Å². The van der Waals surface area contributed by atoms with Crippen LogP contribution in [-0.4, -0.2) is 23.1 Å². The lowest BCUT2D eigenvalue weighted by Gasteiger charge is -2.20. The molecule has 0 radical (unpaired) electrons. The Hall–Kier alpha value is -2.56. The minimum absolute atomic E-state index is 0.0973. The minimum atomic E-state index is -0.114. The molecule has 5 heteroatoms. The average Bonchev–Trinajstić information content (AvgIpc) is 2.59. The normalized spacial score (nSPS) is 12.5. The Bertz CT molecular complexity index is 773. The van der Waals surface area contributed by atoms with Gasteiger partial charge in [-0.1, -0.05) is 39.0 Å². The quantitative estimate of drug-likeness (QED) is 0.829. The molecule has 0 aliphatic carbocycles. The van der Waals surface area contributed by atoms with Crippen molar-refractivity contribution in [1.29, 1.82) is 0 Å². The molecule has 0 saturated heterocycles. The van der Waals surface area contributed by atoms with E-state index in [0.717, 1.165) is 5.75 Å². The fourth-order valence-electron chi connectivity index (χ4n) is 2.53. The molecule has 0 aliphatic heterocycles. The van der Waals surface area contributed by atoms with Gasteiger partial charge in [-0.05, 0) is 36.1 Å². The lowest BCUT2D eigenvalue weighted by atomic mass is 9.87. The van der Waals surface area contributed by atoms with Crippen LogP contribution in [0.25, 0.3) is 0 Å². The van der Waals surface area contributed by atoms with Gasteiger partial charge in [0.2, 0.25) is 5.91 Å². The number of aryl methyl sites for hydroxylation is 1. The number of benzene rings is 1. The Morgan fingerprint density at radius 1 is 1.15 bits per heavy atom. The van der Waals surface area contributed by atoms with Crippen molar-refractivity contribution in [2.45, 2.75) is 52.1 Å². The first-order chi connectivity index (χ1) is 12.3. The fourth-order valence-corrected chi connectivity index (χ4v) is 2.53. The van der Waals surface area contributed by atoms with Crippen LogP contribution in [0.1, 0.15) is 39.7 Å². The molecule has 26 heavy (non-hydrogen) atoms. The van der Waals surface area contributed by atoms with Crippen molar-refractivity contribution < 1.29 is 9.53 Å². The molecule has 0 fully saturated rings. The SMILES string of the molecule is CC(COc1ccc(C(C)(C)C)cc1)NC(=O)CCn1ccccc1=O. The summed E-state index contributed by atoms with van der Waals surface area (Å²) >= 11 is 0. The Morgan fingerprint density at radius 2 is 1.85 bits per heavy atom. The number of carbonyl (C=O) groups is 1. The number of amides is 1. The second kappa shape index (κ2) is 8.70. The van der Waals surface area contributed by atoms with E-state index in [-0.39, 0.29) is 29.3 Å². The monoisotopic (exact) mass is 356 g/mol. The molecule has 2 rings (SSSR count). The van der Waals surface area contributed by atoms with Gasteiger partial charge < -0.3 is 14.6 Å². The number of carbonyl (C=O) groups excluding carboxylic acids is 1. The zero-order valence-corrected chi connectivity index (χ0v) is 16.0. The number of hydrogen-bond acceptors (Lipinski definition) is 3. The van der Waals surface area contributed by atoms with Gasteiger partial charge in [-0.25, -0.2) is 0 Å². The van der Waals surface area contributed by atoms with Crippen molar-refractivity contribution in [3.05, 3.63) is 64.6 Å². The smallest absolute Gasteiger partial charge is 0.250 e. The summed E-state index contributed by atoms with van der Waals surface area (Å²) in [6.07, 6.45) is 1.94. The van der Waals surface area contributed by atoms with E-state index in [1.807, 2.05) is 19.1 Å². The molecular weight excluding hydrogens is 328 g/mol. The molecular formula is C21H28N2O3. The third-order valence-corrected chi connectivity index (χ3v) is 4.11. The molecule has 2 aromatic rings. The van der Waals surface area contributed by atoms with E-state index >= 15 is 0 Å². The van der Waals surface area contributed by atoms with Crippen molar-refractivity contribution in [2.75, 3.05) is 6.61 Å². The van der Waals surface area contributed by atoms with Gasteiger partial charge in [-0.15, -0.1) is 0 Å². The molecule has 1 unspecified atom stereocenters. The van der Waals surface area contributed by atoms with Crippen molar-refractivity contribution in [1.82, 2.24) is 9.88 Å². The highest BCUT2D eigenvalue weighted by molar-refractivity contribution is 5.76. The maximum absolute atomic E-state index is 12.0. The topological polar surface area (TPSA) is 60.3 Å². The molecule has 1 atom stereocenters. The predicted molar refractivity (Wildman–Crippen MR) is 104 cm³/mol. The van der Waals surface area contributed by atoms with Crippen molar-refractivity contribution >= 4 is 5.91 Å². The molecule has 0 aliphatic rings.